The van der Waals surface area contributed by atoms with Crippen LogP contribution in [-0.2, 0) is 14.3 Å². The molecule has 33 heavy (non-hydrogen) atoms. The van der Waals surface area contributed by atoms with Gasteiger partial charge in [0.2, 0.25) is 5.91 Å². The number of hydrogen-bond donors (Lipinski definition) is 4. The first-order valence-corrected chi connectivity index (χ1v) is 11.0. The summed E-state index contributed by atoms with van der Waals surface area (Å²) in [7, 11) is 0. The Balaban J connectivity index is 1.59. The lowest BCUT2D eigenvalue weighted by molar-refractivity contribution is -0.144. The largest absolute Gasteiger partial charge is 0.480 e. The molecule has 2 atom stereocenters. The van der Waals surface area contributed by atoms with Crippen LogP contribution >= 0.6 is 0 Å². The van der Waals surface area contributed by atoms with E-state index in [4.69, 9.17) is 9.84 Å². The summed E-state index contributed by atoms with van der Waals surface area (Å²) in [6.07, 6.45) is -0.372. The minimum Gasteiger partial charge on any atom is -0.480 e. The predicted octanol–water partition coefficient (Wildman–Crippen LogP) is 2.89. The number of benzene rings is 2. The molecule has 0 aliphatic heterocycles. The van der Waals surface area contributed by atoms with Crippen LogP contribution in [-0.4, -0.2) is 54.0 Å². The highest BCUT2D eigenvalue weighted by Gasteiger charge is 2.35. The van der Waals surface area contributed by atoms with Crippen molar-refractivity contribution in [3.8, 4) is 11.1 Å². The number of carbonyl (C=O) groups excluding carboxylic acids is 2. The second kappa shape index (κ2) is 10.5. The first-order valence-electron chi connectivity index (χ1n) is 11.0. The van der Waals surface area contributed by atoms with Crippen molar-refractivity contribution in [3.63, 3.8) is 0 Å². The van der Waals surface area contributed by atoms with Gasteiger partial charge in [0.15, 0.2) is 0 Å². The standard InChI is InChI=1S/C25H30N2O6/c1-3-25(2,23(31)27-21(12-13-28)22(29)30)15-26-24(32)33-14-20-18-10-6-4-8-16(18)17-9-5-7-11-19(17)20/h4-11,20-21,28H,3,12-15H2,1-2H3,(H,26,32)(H,27,31)(H,29,30). The van der Waals surface area contributed by atoms with Crippen molar-refractivity contribution >= 4 is 18.0 Å². The number of amides is 2. The highest BCUT2D eigenvalue weighted by molar-refractivity contribution is 5.87. The van der Waals surface area contributed by atoms with Crippen LogP contribution < -0.4 is 10.6 Å². The van der Waals surface area contributed by atoms with Gasteiger partial charge in [0, 0.05) is 25.5 Å². The fourth-order valence-electron chi connectivity index (χ4n) is 4.00. The van der Waals surface area contributed by atoms with E-state index >= 15 is 0 Å². The summed E-state index contributed by atoms with van der Waals surface area (Å²) in [6.45, 7) is 3.20. The Morgan fingerprint density at radius 3 is 2.15 bits per heavy atom. The van der Waals surface area contributed by atoms with Crippen molar-refractivity contribution in [1.82, 2.24) is 10.6 Å². The fourth-order valence-corrected chi connectivity index (χ4v) is 4.00. The van der Waals surface area contributed by atoms with E-state index in [1.165, 1.54) is 0 Å². The molecule has 2 aromatic rings. The molecule has 8 heteroatoms. The SMILES string of the molecule is CCC(C)(CNC(=O)OCC1c2ccccc2-c2ccccc21)C(=O)NC(CCO)C(=O)O. The van der Waals surface area contributed by atoms with Gasteiger partial charge in [0.25, 0.3) is 0 Å². The first kappa shape index (κ1) is 24.3. The van der Waals surface area contributed by atoms with E-state index in [1.54, 1.807) is 13.8 Å². The Morgan fingerprint density at radius 1 is 1.06 bits per heavy atom. The molecule has 2 amide bonds. The summed E-state index contributed by atoms with van der Waals surface area (Å²) in [5, 5.41) is 23.3. The molecule has 0 bridgehead atoms. The van der Waals surface area contributed by atoms with Crippen LogP contribution in [0.2, 0.25) is 0 Å². The Kier molecular flexibility index (Phi) is 7.71. The Morgan fingerprint density at radius 2 is 1.64 bits per heavy atom. The van der Waals surface area contributed by atoms with Crippen molar-refractivity contribution in [1.29, 1.82) is 0 Å². The summed E-state index contributed by atoms with van der Waals surface area (Å²) >= 11 is 0. The number of hydrogen-bond acceptors (Lipinski definition) is 5. The molecule has 0 saturated heterocycles. The average molecular weight is 455 g/mol. The Hall–Kier alpha value is -3.39. The monoisotopic (exact) mass is 454 g/mol. The second-order valence-electron chi connectivity index (χ2n) is 8.47. The number of aliphatic hydroxyl groups excluding tert-OH is 1. The van der Waals surface area contributed by atoms with E-state index in [9.17, 15) is 19.5 Å². The third-order valence-corrected chi connectivity index (χ3v) is 6.32. The molecule has 0 aromatic heterocycles. The molecular weight excluding hydrogens is 424 g/mol. The zero-order valence-electron chi connectivity index (χ0n) is 18.8. The van der Waals surface area contributed by atoms with Gasteiger partial charge in [0.1, 0.15) is 12.6 Å². The normalized spacial score (nSPS) is 15.0. The molecule has 3 rings (SSSR count). The van der Waals surface area contributed by atoms with Gasteiger partial charge >= 0.3 is 12.1 Å². The lowest BCUT2D eigenvalue weighted by atomic mass is 9.86. The van der Waals surface area contributed by atoms with Crippen LogP contribution in [0.5, 0.6) is 0 Å². The molecule has 0 heterocycles. The van der Waals surface area contributed by atoms with E-state index in [-0.39, 0.29) is 32.1 Å². The molecule has 4 N–H and O–H groups in total. The summed E-state index contributed by atoms with van der Waals surface area (Å²) in [5.74, 6) is -1.80. The van der Waals surface area contributed by atoms with Crippen molar-refractivity contribution in [2.24, 2.45) is 5.41 Å². The number of carboxylic acid groups (broad SMARTS) is 1. The molecule has 0 radical (unpaired) electrons. The van der Waals surface area contributed by atoms with Crippen LogP contribution in [0.3, 0.4) is 0 Å². The van der Waals surface area contributed by atoms with Gasteiger partial charge in [0.05, 0.1) is 5.41 Å². The van der Waals surface area contributed by atoms with Crippen LogP contribution in [0.15, 0.2) is 48.5 Å². The molecule has 1 aliphatic carbocycles. The number of alkyl carbamates (subject to hydrolysis) is 1. The van der Waals surface area contributed by atoms with Gasteiger partial charge in [-0.3, -0.25) is 4.79 Å². The molecule has 2 aromatic carbocycles. The number of rotatable bonds is 10. The lowest BCUT2D eigenvalue weighted by Crippen LogP contribution is -2.51. The summed E-state index contributed by atoms with van der Waals surface area (Å²) < 4.78 is 5.51. The van der Waals surface area contributed by atoms with Crippen LogP contribution in [0.25, 0.3) is 11.1 Å². The van der Waals surface area contributed by atoms with Gasteiger partial charge in [-0.15, -0.1) is 0 Å². The van der Waals surface area contributed by atoms with Crippen molar-refractivity contribution in [2.45, 2.75) is 38.6 Å². The van der Waals surface area contributed by atoms with E-state index < -0.39 is 29.4 Å². The molecule has 0 saturated carbocycles. The number of ether oxygens (including phenoxy) is 1. The summed E-state index contributed by atoms with van der Waals surface area (Å²) in [4.78, 5) is 36.4. The first-order chi connectivity index (χ1) is 15.8. The van der Waals surface area contributed by atoms with Gasteiger partial charge in [-0.25, -0.2) is 9.59 Å². The van der Waals surface area contributed by atoms with Crippen molar-refractivity contribution in [3.05, 3.63) is 59.7 Å². The molecular formula is C25H30N2O6. The average Bonchev–Trinajstić information content (AvgIpc) is 3.14. The Bertz CT molecular complexity index is 978. The third kappa shape index (κ3) is 5.34. The van der Waals surface area contributed by atoms with E-state index in [0.29, 0.717) is 6.42 Å². The predicted molar refractivity (Wildman–Crippen MR) is 123 cm³/mol. The summed E-state index contributed by atoms with van der Waals surface area (Å²) in [5.41, 5.74) is 3.44. The highest BCUT2D eigenvalue weighted by atomic mass is 16.5. The minimum absolute atomic E-state index is 0.0164. The second-order valence-corrected chi connectivity index (χ2v) is 8.47. The number of carboxylic acids is 1. The molecule has 2 unspecified atom stereocenters. The Labute approximate surface area is 193 Å². The zero-order chi connectivity index (χ0) is 24.0. The fraction of sp³-hybridized carbons (Fsp3) is 0.400. The number of fused-ring (bicyclic) bond motifs is 3. The molecule has 0 spiro atoms. The number of aliphatic carboxylic acids is 1. The van der Waals surface area contributed by atoms with Gasteiger partial charge in [-0.1, -0.05) is 55.5 Å². The maximum atomic E-state index is 12.7. The minimum atomic E-state index is -1.22. The molecule has 1 aliphatic rings. The van der Waals surface area contributed by atoms with Crippen LogP contribution in [0.4, 0.5) is 4.79 Å². The number of aliphatic hydroxyl groups is 1. The maximum Gasteiger partial charge on any atom is 0.407 e. The zero-order valence-corrected chi connectivity index (χ0v) is 18.8. The van der Waals surface area contributed by atoms with Crippen molar-refractivity contribution in [2.75, 3.05) is 19.8 Å². The number of carbonyl (C=O) groups is 3. The smallest absolute Gasteiger partial charge is 0.407 e. The topological polar surface area (TPSA) is 125 Å². The quantitative estimate of drug-likeness (QED) is 0.438. The molecule has 8 nitrogen and oxygen atoms in total. The van der Waals surface area contributed by atoms with Crippen LogP contribution in [0.1, 0.15) is 43.7 Å². The van der Waals surface area contributed by atoms with Crippen LogP contribution in [0, 0.1) is 5.41 Å². The van der Waals surface area contributed by atoms with E-state index in [0.717, 1.165) is 22.3 Å². The summed E-state index contributed by atoms with van der Waals surface area (Å²) in [6, 6.07) is 14.9. The van der Waals surface area contributed by atoms with Gasteiger partial charge in [-0.2, -0.15) is 0 Å². The third-order valence-electron chi connectivity index (χ3n) is 6.32. The number of nitrogens with one attached hydrogen (secondary N) is 2. The molecule has 0 fully saturated rings. The maximum absolute atomic E-state index is 12.7. The van der Waals surface area contributed by atoms with E-state index in [1.807, 2.05) is 36.4 Å². The van der Waals surface area contributed by atoms with Gasteiger partial charge < -0.3 is 25.6 Å². The molecule has 176 valence electrons. The van der Waals surface area contributed by atoms with Gasteiger partial charge in [-0.05, 0) is 35.6 Å². The highest BCUT2D eigenvalue weighted by Crippen LogP contribution is 2.44. The lowest BCUT2D eigenvalue weighted by Gasteiger charge is -2.28. The van der Waals surface area contributed by atoms with Crippen molar-refractivity contribution < 1.29 is 29.3 Å². The van der Waals surface area contributed by atoms with E-state index in [2.05, 4.69) is 22.8 Å².